The van der Waals surface area contributed by atoms with Gasteiger partial charge >= 0.3 is 0 Å². The third-order valence-electron chi connectivity index (χ3n) is 5.16. The summed E-state index contributed by atoms with van der Waals surface area (Å²) >= 11 is 0. The lowest BCUT2D eigenvalue weighted by atomic mass is 9.99. The summed E-state index contributed by atoms with van der Waals surface area (Å²) in [5.74, 6) is 4.51. The summed E-state index contributed by atoms with van der Waals surface area (Å²) in [6.07, 6.45) is 1.70. The standard InChI is InChI=1S/C27H21FN2O3/c1-4-7-26(31)29-18-11-13-24(33-25-12-10-17(2)14-23(25)28)21(15-18)22-16-30(3)27(32)20-9-6-5-8-19(20)22/h5-6,8-16H,1-3H3,(H,29,31). The van der Waals surface area contributed by atoms with Gasteiger partial charge in [-0.3, -0.25) is 9.59 Å². The molecule has 5 nitrogen and oxygen atoms in total. The number of anilines is 1. The molecule has 3 aromatic carbocycles. The zero-order valence-electron chi connectivity index (χ0n) is 18.4. The number of ether oxygens (including phenoxy) is 1. The lowest BCUT2D eigenvalue weighted by Gasteiger charge is -2.16. The molecule has 0 unspecified atom stereocenters. The monoisotopic (exact) mass is 440 g/mol. The number of rotatable bonds is 4. The van der Waals surface area contributed by atoms with Crippen LogP contribution in [0.1, 0.15) is 12.5 Å². The number of carbonyl (C=O) groups is 1. The molecule has 0 aliphatic heterocycles. The van der Waals surface area contributed by atoms with Crippen molar-refractivity contribution in [2.75, 3.05) is 5.32 Å². The highest BCUT2D eigenvalue weighted by molar-refractivity contribution is 6.05. The molecule has 0 atom stereocenters. The van der Waals surface area contributed by atoms with E-state index < -0.39 is 11.7 Å². The number of hydrogen-bond acceptors (Lipinski definition) is 3. The van der Waals surface area contributed by atoms with Crippen LogP contribution >= 0.6 is 0 Å². The van der Waals surface area contributed by atoms with Gasteiger partial charge in [-0.2, -0.15) is 0 Å². The average Bonchev–Trinajstić information content (AvgIpc) is 2.79. The van der Waals surface area contributed by atoms with Gasteiger partial charge in [0.15, 0.2) is 11.6 Å². The minimum atomic E-state index is -0.484. The Labute approximate surface area is 190 Å². The van der Waals surface area contributed by atoms with E-state index in [0.717, 1.165) is 5.56 Å². The number of halogens is 1. The van der Waals surface area contributed by atoms with Crippen molar-refractivity contribution in [1.29, 1.82) is 0 Å². The molecule has 1 N–H and O–H groups in total. The maximum Gasteiger partial charge on any atom is 0.300 e. The SMILES string of the molecule is CC#CC(=O)Nc1ccc(Oc2ccc(C)cc2F)c(-c2cn(C)c(=O)c3ccccc23)c1. The first kappa shape index (κ1) is 21.8. The van der Waals surface area contributed by atoms with E-state index in [9.17, 15) is 14.0 Å². The number of fused-ring (bicyclic) bond motifs is 1. The first-order valence-electron chi connectivity index (χ1n) is 10.3. The van der Waals surface area contributed by atoms with Crippen molar-refractivity contribution >= 4 is 22.4 Å². The summed E-state index contributed by atoms with van der Waals surface area (Å²) in [7, 11) is 1.67. The topological polar surface area (TPSA) is 60.3 Å². The van der Waals surface area contributed by atoms with E-state index in [0.29, 0.717) is 33.3 Å². The van der Waals surface area contributed by atoms with Gasteiger partial charge in [0.25, 0.3) is 11.5 Å². The number of nitrogens with zero attached hydrogens (tertiary/aromatic N) is 1. The zero-order valence-corrected chi connectivity index (χ0v) is 18.4. The average molecular weight is 440 g/mol. The Morgan fingerprint density at radius 1 is 1.00 bits per heavy atom. The Hall–Kier alpha value is -4.37. The maximum atomic E-state index is 14.5. The lowest BCUT2D eigenvalue weighted by Crippen LogP contribution is -2.16. The van der Waals surface area contributed by atoms with Gasteiger partial charge in [0.1, 0.15) is 5.75 Å². The van der Waals surface area contributed by atoms with Crippen molar-refractivity contribution < 1.29 is 13.9 Å². The second kappa shape index (κ2) is 9.01. The molecule has 1 heterocycles. The van der Waals surface area contributed by atoms with Crippen LogP contribution in [0.15, 0.2) is 71.7 Å². The molecule has 33 heavy (non-hydrogen) atoms. The fraction of sp³-hybridized carbons (Fsp3) is 0.111. The molecule has 0 saturated heterocycles. The van der Waals surface area contributed by atoms with E-state index in [1.165, 1.54) is 10.6 Å². The first-order chi connectivity index (χ1) is 15.9. The number of carbonyl (C=O) groups excluding carboxylic acids is 1. The molecule has 0 spiro atoms. The predicted octanol–water partition coefficient (Wildman–Crippen LogP) is 5.41. The van der Waals surface area contributed by atoms with Crippen molar-refractivity contribution in [3.8, 4) is 34.5 Å². The number of hydrogen-bond donors (Lipinski definition) is 1. The molecule has 0 aliphatic carbocycles. The Morgan fingerprint density at radius 2 is 1.73 bits per heavy atom. The van der Waals surface area contributed by atoms with Crippen LogP contribution in [-0.4, -0.2) is 10.5 Å². The lowest BCUT2D eigenvalue weighted by molar-refractivity contribution is -0.111. The predicted molar refractivity (Wildman–Crippen MR) is 128 cm³/mol. The molecule has 0 fully saturated rings. The number of nitrogens with one attached hydrogen (secondary N) is 1. The Kier molecular flexibility index (Phi) is 5.97. The van der Waals surface area contributed by atoms with Crippen molar-refractivity contribution in [3.63, 3.8) is 0 Å². The smallest absolute Gasteiger partial charge is 0.300 e. The minimum absolute atomic E-state index is 0.0737. The quantitative estimate of drug-likeness (QED) is 0.432. The fourth-order valence-electron chi connectivity index (χ4n) is 3.62. The van der Waals surface area contributed by atoms with E-state index in [4.69, 9.17) is 4.74 Å². The molecule has 1 amide bonds. The molecule has 0 aliphatic rings. The van der Waals surface area contributed by atoms with Crippen LogP contribution in [0.3, 0.4) is 0 Å². The summed E-state index contributed by atoms with van der Waals surface area (Å²) in [5, 5.41) is 3.98. The Morgan fingerprint density at radius 3 is 2.45 bits per heavy atom. The van der Waals surface area contributed by atoms with Crippen LogP contribution in [0.25, 0.3) is 21.9 Å². The molecule has 4 rings (SSSR count). The number of benzene rings is 3. The van der Waals surface area contributed by atoms with Gasteiger partial charge < -0.3 is 14.6 Å². The maximum absolute atomic E-state index is 14.5. The minimum Gasteiger partial charge on any atom is -0.454 e. The van der Waals surface area contributed by atoms with Gasteiger partial charge in [0.05, 0.1) is 0 Å². The van der Waals surface area contributed by atoms with Gasteiger partial charge in [0.2, 0.25) is 0 Å². The van der Waals surface area contributed by atoms with Gasteiger partial charge in [-0.25, -0.2) is 4.39 Å². The highest BCUT2D eigenvalue weighted by Gasteiger charge is 2.16. The highest BCUT2D eigenvalue weighted by atomic mass is 19.1. The zero-order chi connectivity index (χ0) is 23.5. The third-order valence-corrected chi connectivity index (χ3v) is 5.16. The van der Waals surface area contributed by atoms with Crippen LogP contribution in [-0.2, 0) is 11.8 Å². The number of amides is 1. The van der Waals surface area contributed by atoms with Gasteiger partial charge in [-0.1, -0.05) is 30.2 Å². The van der Waals surface area contributed by atoms with Crippen LogP contribution < -0.4 is 15.6 Å². The second-order valence-electron chi connectivity index (χ2n) is 7.58. The van der Waals surface area contributed by atoms with Gasteiger partial charge in [-0.05, 0) is 67.1 Å². The summed E-state index contributed by atoms with van der Waals surface area (Å²) in [6.45, 7) is 3.38. The summed E-state index contributed by atoms with van der Waals surface area (Å²) in [6, 6.07) is 17.0. The van der Waals surface area contributed by atoms with E-state index in [1.807, 2.05) is 12.1 Å². The fourth-order valence-corrected chi connectivity index (χ4v) is 3.62. The number of pyridine rings is 1. The molecule has 4 aromatic rings. The van der Waals surface area contributed by atoms with Crippen LogP contribution in [0.4, 0.5) is 10.1 Å². The molecule has 0 bridgehead atoms. The summed E-state index contributed by atoms with van der Waals surface area (Å²) < 4.78 is 22.0. The molecule has 164 valence electrons. The summed E-state index contributed by atoms with van der Waals surface area (Å²) in [4.78, 5) is 24.7. The largest absolute Gasteiger partial charge is 0.454 e. The molecular formula is C27H21FN2O3. The Bertz CT molecular complexity index is 1510. The van der Waals surface area contributed by atoms with E-state index in [2.05, 4.69) is 17.2 Å². The van der Waals surface area contributed by atoms with Crippen LogP contribution in [0.5, 0.6) is 11.5 Å². The van der Waals surface area contributed by atoms with Crippen LogP contribution in [0.2, 0.25) is 0 Å². The van der Waals surface area contributed by atoms with Gasteiger partial charge in [-0.15, -0.1) is 0 Å². The molecule has 0 saturated carbocycles. The van der Waals surface area contributed by atoms with Gasteiger partial charge in [0, 0.05) is 35.4 Å². The third kappa shape index (κ3) is 4.48. The van der Waals surface area contributed by atoms with Crippen molar-refractivity contribution in [2.24, 2.45) is 7.05 Å². The number of aryl methyl sites for hydroxylation is 2. The highest BCUT2D eigenvalue weighted by Crippen LogP contribution is 2.39. The Balaban J connectivity index is 1.93. The summed E-state index contributed by atoms with van der Waals surface area (Å²) in [5.41, 5.74) is 2.42. The van der Waals surface area contributed by atoms with Crippen LogP contribution in [0, 0.1) is 24.6 Å². The normalized spacial score (nSPS) is 10.4. The van der Waals surface area contributed by atoms with Crippen molar-refractivity contribution in [1.82, 2.24) is 4.57 Å². The van der Waals surface area contributed by atoms with E-state index in [1.54, 1.807) is 69.6 Å². The molecular weight excluding hydrogens is 419 g/mol. The molecule has 0 radical (unpaired) electrons. The van der Waals surface area contributed by atoms with Crippen molar-refractivity contribution in [3.05, 3.63) is 88.6 Å². The molecule has 6 heteroatoms. The van der Waals surface area contributed by atoms with Crippen molar-refractivity contribution in [2.45, 2.75) is 13.8 Å². The van der Waals surface area contributed by atoms with E-state index >= 15 is 0 Å². The number of aromatic nitrogens is 1. The first-order valence-corrected chi connectivity index (χ1v) is 10.3. The molecule has 1 aromatic heterocycles. The van der Waals surface area contributed by atoms with E-state index in [-0.39, 0.29) is 11.3 Å². The second-order valence-corrected chi connectivity index (χ2v) is 7.58.